The maximum Gasteiger partial charge on any atom is 0.418 e. The van der Waals surface area contributed by atoms with E-state index in [1.165, 1.54) is 4.90 Å². The molecule has 3 rings (SSSR count). The molecule has 2 aliphatic heterocycles. The molecule has 0 aromatic carbocycles. The van der Waals surface area contributed by atoms with Crippen LogP contribution in [0.1, 0.15) is 30.7 Å². The van der Waals surface area contributed by atoms with Crippen LogP contribution in [-0.4, -0.2) is 51.7 Å². The summed E-state index contributed by atoms with van der Waals surface area (Å²) in [5.41, 5.74) is 0. The van der Waals surface area contributed by atoms with Gasteiger partial charge in [-0.05, 0) is 12.8 Å². The number of carbonyl (C=O) groups excluding carboxylic acids is 1. The minimum atomic E-state index is -4.73. The molecular weight excluding hydrogens is 292 g/mol. The smallest absolute Gasteiger partial charge is 0.418 e. The second-order valence-corrected chi connectivity index (χ2v) is 5.67. The van der Waals surface area contributed by atoms with Crippen LogP contribution >= 0.6 is 0 Å². The van der Waals surface area contributed by atoms with Gasteiger partial charge in [-0.2, -0.15) is 13.5 Å². The van der Waals surface area contributed by atoms with E-state index < -0.39 is 28.5 Å². The van der Waals surface area contributed by atoms with Crippen LogP contribution < -0.4 is 0 Å². The number of carbonyl (C=O) groups is 1. The molecule has 3 heterocycles. The lowest BCUT2D eigenvalue weighted by Gasteiger charge is -2.27. The fraction of sp³-hybridized carbons (Fsp3) is 0.667. The normalized spacial score (nSPS) is 26.4. The molecule has 1 aromatic rings. The molecular formula is C9H12N4O6S. The molecule has 0 spiro atoms. The number of hydroxylamine groups is 2. The van der Waals surface area contributed by atoms with Gasteiger partial charge in [0.15, 0.2) is 0 Å². The molecule has 2 amide bonds. The van der Waals surface area contributed by atoms with Crippen LogP contribution in [0.4, 0.5) is 4.79 Å². The van der Waals surface area contributed by atoms with Crippen molar-refractivity contribution in [2.45, 2.75) is 31.8 Å². The minimum Gasteiger partial charge on any atom is -0.423 e. The van der Waals surface area contributed by atoms with Crippen LogP contribution in [0.5, 0.6) is 0 Å². The van der Waals surface area contributed by atoms with Crippen molar-refractivity contribution in [1.29, 1.82) is 0 Å². The maximum atomic E-state index is 12.1. The van der Waals surface area contributed by atoms with Gasteiger partial charge in [0.25, 0.3) is 0 Å². The van der Waals surface area contributed by atoms with Crippen molar-refractivity contribution in [3.05, 3.63) is 11.8 Å². The van der Waals surface area contributed by atoms with Gasteiger partial charge in [-0.25, -0.2) is 4.79 Å². The van der Waals surface area contributed by atoms with Crippen LogP contribution in [0.2, 0.25) is 0 Å². The van der Waals surface area contributed by atoms with Crippen molar-refractivity contribution in [3.63, 3.8) is 0 Å². The largest absolute Gasteiger partial charge is 0.423 e. The summed E-state index contributed by atoms with van der Waals surface area (Å²) in [7, 11) is -4.73. The van der Waals surface area contributed by atoms with Crippen molar-refractivity contribution >= 4 is 16.4 Å². The third kappa shape index (κ3) is 2.23. The SMILES string of the molecule is Cc1nnc([C@H]2CC[C@H]3CN2C(=O)N3OS(=O)(=O)O)o1. The molecule has 0 aliphatic carbocycles. The summed E-state index contributed by atoms with van der Waals surface area (Å²) in [5.74, 6) is 0.697. The molecule has 2 bridgehead atoms. The number of fused-ring (bicyclic) bond motifs is 2. The van der Waals surface area contributed by atoms with Crippen LogP contribution in [0, 0.1) is 6.92 Å². The molecule has 0 saturated carbocycles. The molecule has 110 valence electrons. The van der Waals surface area contributed by atoms with E-state index in [4.69, 9.17) is 8.97 Å². The summed E-state index contributed by atoms with van der Waals surface area (Å²) in [4.78, 5) is 13.5. The van der Waals surface area contributed by atoms with Gasteiger partial charge in [0, 0.05) is 13.5 Å². The van der Waals surface area contributed by atoms with Crippen LogP contribution in [0.3, 0.4) is 0 Å². The Labute approximate surface area is 114 Å². The molecule has 2 aliphatic rings. The van der Waals surface area contributed by atoms with E-state index in [9.17, 15) is 13.2 Å². The molecule has 2 fully saturated rings. The first-order valence-corrected chi connectivity index (χ1v) is 7.28. The van der Waals surface area contributed by atoms with Gasteiger partial charge in [-0.3, -0.25) is 4.55 Å². The predicted octanol–water partition coefficient (Wildman–Crippen LogP) is 0.0535. The maximum absolute atomic E-state index is 12.1. The van der Waals surface area contributed by atoms with E-state index in [-0.39, 0.29) is 6.54 Å². The summed E-state index contributed by atoms with van der Waals surface area (Å²) < 4.78 is 39.8. The van der Waals surface area contributed by atoms with Crippen molar-refractivity contribution in [2.75, 3.05) is 6.54 Å². The van der Waals surface area contributed by atoms with E-state index in [0.717, 1.165) is 0 Å². The number of urea groups is 1. The van der Waals surface area contributed by atoms with E-state index in [2.05, 4.69) is 14.5 Å². The van der Waals surface area contributed by atoms with E-state index in [1.807, 2.05) is 0 Å². The fourth-order valence-corrected chi connectivity index (χ4v) is 2.92. The van der Waals surface area contributed by atoms with E-state index in [1.54, 1.807) is 6.92 Å². The summed E-state index contributed by atoms with van der Waals surface area (Å²) in [6.07, 6.45) is 1.05. The monoisotopic (exact) mass is 304 g/mol. The minimum absolute atomic E-state index is 0.278. The van der Waals surface area contributed by atoms with E-state index in [0.29, 0.717) is 29.7 Å². The quantitative estimate of drug-likeness (QED) is 0.776. The van der Waals surface area contributed by atoms with Crippen LogP contribution in [0.25, 0.3) is 0 Å². The Morgan fingerprint density at radius 3 is 2.75 bits per heavy atom. The van der Waals surface area contributed by atoms with Crippen LogP contribution in [-0.2, 0) is 14.7 Å². The number of aryl methyl sites for hydroxylation is 1. The van der Waals surface area contributed by atoms with Crippen molar-refractivity contribution in [1.82, 2.24) is 20.2 Å². The Bertz CT molecular complexity index is 643. The zero-order chi connectivity index (χ0) is 14.5. The molecule has 2 saturated heterocycles. The summed E-state index contributed by atoms with van der Waals surface area (Å²) in [5, 5.41) is 8.27. The summed E-state index contributed by atoms with van der Waals surface area (Å²) in [6.45, 7) is 1.92. The van der Waals surface area contributed by atoms with Crippen LogP contribution in [0.15, 0.2) is 4.42 Å². The first-order chi connectivity index (χ1) is 9.35. The number of hydrogen-bond donors (Lipinski definition) is 1. The Kier molecular flexibility index (Phi) is 2.92. The second kappa shape index (κ2) is 4.40. The number of hydrogen-bond acceptors (Lipinski definition) is 7. The first-order valence-electron chi connectivity index (χ1n) is 5.92. The summed E-state index contributed by atoms with van der Waals surface area (Å²) >= 11 is 0. The van der Waals surface area contributed by atoms with E-state index >= 15 is 0 Å². The molecule has 10 nitrogen and oxygen atoms in total. The molecule has 1 aromatic heterocycles. The number of aromatic nitrogens is 2. The van der Waals surface area contributed by atoms with Gasteiger partial charge in [0.05, 0.1) is 6.04 Å². The van der Waals surface area contributed by atoms with Crippen molar-refractivity contribution in [3.8, 4) is 0 Å². The number of nitrogens with zero attached hydrogens (tertiary/aromatic N) is 4. The number of amides is 2. The predicted molar refractivity (Wildman–Crippen MR) is 61.4 cm³/mol. The van der Waals surface area contributed by atoms with Gasteiger partial charge in [-0.15, -0.1) is 14.5 Å². The van der Waals surface area contributed by atoms with Gasteiger partial charge in [0.1, 0.15) is 6.04 Å². The third-order valence-corrected chi connectivity index (χ3v) is 3.67. The van der Waals surface area contributed by atoms with Gasteiger partial charge >= 0.3 is 16.4 Å². The lowest BCUT2D eigenvalue weighted by Crippen LogP contribution is -2.35. The molecule has 2 atom stereocenters. The molecule has 1 N–H and O–H groups in total. The van der Waals surface area contributed by atoms with Crippen molar-refractivity contribution < 1.29 is 26.5 Å². The topological polar surface area (TPSA) is 126 Å². The van der Waals surface area contributed by atoms with Gasteiger partial charge in [-0.1, -0.05) is 0 Å². The van der Waals surface area contributed by atoms with Gasteiger partial charge < -0.3 is 9.32 Å². The average molecular weight is 304 g/mol. The van der Waals surface area contributed by atoms with Crippen molar-refractivity contribution in [2.24, 2.45) is 0 Å². The highest BCUT2D eigenvalue weighted by Gasteiger charge is 2.49. The lowest BCUT2D eigenvalue weighted by molar-refractivity contribution is -0.0317. The molecule has 0 radical (unpaired) electrons. The zero-order valence-corrected chi connectivity index (χ0v) is 11.3. The third-order valence-electron chi connectivity index (χ3n) is 3.32. The highest BCUT2D eigenvalue weighted by Crippen LogP contribution is 2.38. The number of piperidine rings is 1. The Morgan fingerprint density at radius 2 is 2.15 bits per heavy atom. The zero-order valence-electron chi connectivity index (χ0n) is 10.5. The first kappa shape index (κ1) is 13.3. The highest BCUT2D eigenvalue weighted by atomic mass is 32.3. The summed E-state index contributed by atoms with van der Waals surface area (Å²) in [6, 6.07) is -1.48. The fourth-order valence-electron chi connectivity index (χ4n) is 2.53. The second-order valence-electron chi connectivity index (χ2n) is 4.67. The Morgan fingerprint density at radius 1 is 1.40 bits per heavy atom. The van der Waals surface area contributed by atoms with Gasteiger partial charge in [0.2, 0.25) is 11.8 Å². The Balaban J connectivity index is 1.84. The highest BCUT2D eigenvalue weighted by molar-refractivity contribution is 7.80. The lowest BCUT2D eigenvalue weighted by atomic mass is 10.0. The molecule has 0 unspecified atom stereocenters. The number of rotatable bonds is 3. The standard InChI is InChI=1S/C9H12N4O6S/c1-5-10-11-8(18-5)7-3-2-6-4-12(7)9(14)13(6)19-20(15,16)17/h6-7H,2-4H2,1H3,(H,15,16,17)/t6-,7+/m0/s1. The Hall–Kier alpha value is -1.72. The molecule has 20 heavy (non-hydrogen) atoms. The average Bonchev–Trinajstić information content (AvgIpc) is 2.88. The molecule has 11 heteroatoms.